The summed E-state index contributed by atoms with van der Waals surface area (Å²) in [5.41, 5.74) is 0. The first-order valence-corrected chi connectivity index (χ1v) is 30.9. The molecule has 63 heavy (non-hydrogen) atoms. The molecule has 0 saturated carbocycles. The van der Waals surface area contributed by atoms with Crippen molar-refractivity contribution in [2.45, 2.75) is 265 Å². The molecular weight excluding hydrogens is 998 g/mol. The summed E-state index contributed by atoms with van der Waals surface area (Å²) >= 11 is 5.05. The van der Waals surface area contributed by atoms with E-state index in [4.69, 9.17) is 14.2 Å². The predicted molar refractivity (Wildman–Crippen MR) is 300 cm³/mol. The van der Waals surface area contributed by atoms with E-state index in [9.17, 15) is 0 Å². The van der Waals surface area contributed by atoms with Crippen LogP contribution in [0.5, 0.6) is 0 Å². The van der Waals surface area contributed by atoms with Crippen LogP contribution in [0.1, 0.15) is 252 Å². The molecule has 0 heterocycles. The Hall–Kier alpha value is 1.34. The summed E-state index contributed by atoms with van der Waals surface area (Å²) in [5, 5.41) is 0. The van der Waals surface area contributed by atoms with Gasteiger partial charge < -0.3 is 14.2 Å². The molecule has 0 amide bonds. The second-order valence-corrected chi connectivity index (χ2v) is 25.9. The van der Waals surface area contributed by atoms with Gasteiger partial charge in [0, 0.05) is 13.2 Å². The van der Waals surface area contributed by atoms with Crippen LogP contribution >= 0.6 is 45.2 Å². The van der Waals surface area contributed by atoms with Gasteiger partial charge in [-0.2, -0.15) is 0 Å². The van der Waals surface area contributed by atoms with E-state index >= 15 is 0 Å². The number of rotatable bonds is 44. The lowest BCUT2D eigenvalue weighted by molar-refractivity contribution is -0.247. The Kier molecular flexibility index (Phi) is 41.0. The van der Waals surface area contributed by atoms with Gasteiger partial charge in [-0.25, -0.2) is 0 Å². The summed E-state index contributed by atoms with van der Waals surface area (Å²) in [6.45, 7) is 40.5. The van der Waals surface area contributed by atoms with Crippen LogP contribution in [-0.4, -0.2) is 34.6 Å². The normalized spacial score (nSPS) is 20.1. The van der Waals surface area contributed by atoms with Gasteiger partial charge in [0.1, 0.15) is 0 Å². The zero-order chi connectivity index (χ0) is 47.7. The molecule has 3 nitrogen and oxygen atoms in total. The monoisotopic (exact) mass is 1110 g/mol. The zero-order valence-electron chi connectivity index (χ0n) is 45.6. The van der Waals surface area contributed by atoms with Gasteiger partial charge in [0.05, 0.1) is 0 Å². The van der Waals surface area contributed by atoms with Crippen LogP contribution in [0.3, 0.4) is 0 Å². The molecule has 0 aromatic rings. The summed E-state index contributed by atoms with van der Waals surface area (Å²) in [7, 11) is 0. The van der Waals surface area contributed by atoms with Crippen molar-refractivity contribution in [3.8, 4) is 0 Å². The molecule has 5 heteroatoms. The van der Waals surface area contributed by atoms with Gasteiger partial charge in [0.2, 0.25) is 0 Å². The molecule has 0 bridgehead atoms. The van der Waals surface area contributed by atoms with E-state index in [1.165, 1.54) is 124 Å². The maximum Gasteiger partial charge on any atom is 0.160 e. The van der Waals surface area contributed by atoms with Crippen molar-refractivity contribution in [2.24, 2.45) is 82.9 Å². The highest BCUT2D eigenvalue weighted by Gasteiger charge is 2.22. The van der Waals surface area contributed by atoms with Crippen LogP contribution in [0.25, 0.3) is 0 Å². The highest BCUT2D eigenvalue weighted by Crippen LogP contribution is 2.33. The second kappa shape index (κ2) is 40.1. The van der Waals surface area contributed by atoms with E-state index < -0.39 is 0 Å². The average Bonchev–Trinajstić information content (AvgIpc) is 3.15. The first-order valence-electron chi connectivity index (χ1n) is 27.8. The molecule has 16 unspecified atom stereocenters. The Balaban J connectivity index is 4.56. The molecule has 0 N–H and O–H groups in total. The molecule has 0 aliphatic carbocycles. The number of alkyl halides is 2. The van der Waals surface area contributed by atoms with Crippen molar-refractivity contribution in [2.75, 3.05) is 22.1 Å². The molecule has 0 radical (unpaired) electrons. The lowest BCUT2D eigenvalue weighted by Gasteiger charge is -2.27. The largest absolute Gasteiger partial charge is 0.353 e. The SMILES string of the molecule is CCOC(CCCC(C)CC(C)CC(C)CC(C)CC(C)CC(C)CC(C)CCCI)OC(CCCC(C)CC(C)CC(C)CC(C)CC(C)CC(C)CC(C)CCCI)OCC. The van der Waals surface area contributed by atoms with Crippen LogP contribution < -0.4 is 0 Å². The summed E-state index contributed by atoms with van der Waals surface area (Å²) in [5.74, 6) is 11.5. The third-order valence-electron chi connectivity index (χ3n) is 14.6. The van der Waals surface area contributed by atoms with Crippen molar-refractivity contribution in [1.82, 2.24) is 0 Å². The van der Waals surface area contributed by atoms with Gasteiger partial charge in [-0.1, -0.05) is 155 Å². The van der Waals surface area contributed by atoms with Crippen molar-refractivity contribution >= 4 is 45.2 Å². The maximum absolute atomic E-state index is 6.55. The maximum atomic E-state index is 6.55. The number of halogens is 2. The van der Waals surface area contributed by atoms with Gasteiger partial charge >= 0.3 is 0 Å². The Bertz CT molecular complexity index is 919. The Morgan fingerprint density at radius 3 is 0.651 bits per heavy atom. The highest BCUT2D eigenvalue weighted by molar-refractivity contribution is 14.1. The second-order valence-electron chi connectivity index (χ2n) is 23.7. The zero-order valence-corrected chi connectivity index (χ0v) is 49.9. The fourth-order valence-corrected chi connectivity index (χ4v) is 13.6. The molecule has 0 aliphatic rings. The van der Waals surface area contributed by atoms with Crippen LogP contribution in [0.4, 0.5) is 0 Å². The standard InChI is InChI=1S/C58H116I2O3/c1-17-61-57(27-19-23-43(3)31-47(7)35-51(11)39-55(15)41-53(13)37-49(9)33-45(5)25-21-29-59)63-58(62-18-2)28-20-24-44(4)32-48(8)36-52(12)40-56(16)42-54(14)38-50(10)34-46(6)26-22-30-60/h43-58H,17-42H2,1-16H3. The molecule has 0 aromatic heterocycles. The predicted octanol–water partition coefficient (Wildman–Crippen LogP) is 20.1. The van der Waals surface area contributed by atoms with Crippen LogP contribution in [0.15, 0.2) is 0 Å². The molecule has 0 saturated heterocycles. The van der Waals surface area contributed by atoms with Gasteiger partial charge in [-0.15, -0.1) is 0 Å². The first-order chi connectivity index (χ1) is 29.8. The van der Waals surface area contributed by atoms with Gasteiger partial charge in [-0.3, -0.25) is 0 Å². The third-order valence-corrected chi connectivity index (χ3v) is 16.1. The summed E-state index contributed by atoms with van der Waals surface area (Å²) < 4.78 is 21.5. The molecule has 16 atom stereocenters. The fourth-order valence-electron chi connectivity index (χ4n) is 12.7. The minimum absolute atomic E-state index is 0.168. The van der Waals surface area contributed by atoms with Gasteiger partial charge in [0.25, 0.3) is 0 Å². The van der Waals surface area contributed by atoms with Gasteiger partial charge in [-0.05, 0) is 234 Å². The van der Waals surface area contributed by atoms with Gasteiger partial charge in [0.15, 0.2) is 12.6 Å². The molecule has 0 aromatic carbocycles. The quantitative estimate of drug-likeness (QED) is 0.0346. The smallest absolute Gasteiger partial charge is 0.160 e. The van der Waals surface area contributed by atoms with E-state index in [2.05, 4.69) is 156 Å². The topological polar surface area (TPSA) is 27.7 Å². The molecule has 0 rings (SSSR count). The molecule has 380 valence electrons. The Morgan fingerprint density at radius 1 is 0.270 bits per heavy atom. The molecule has 0 spiro atoms. The van der Waals surface area contributed by atoms with Crippen molar-refractivity contribution in [3.63, 3.8) is 0 Å². The van der Waals surface area contributed by atoms with Crippen LogP contribution in [0.2, 0.25) is 0 Å². The van der Waals surface area contributed by atoms with E-state index in [-0.39, 0.29) is 12.6 Å². The van der Waals surface area contributed by atoms with E-state index in [1.807, 2.05) is 0 Å². The lowest BCUT2D eigenvalue weighted by atomic mass is 9.80. The van der Waals surface area contributed by atoms with Crippen molar-refractivity contribution in [1.29, 1.82) is 0 Å². The first kappa shape index (κ1) is 64.3. The average molecular weight is 1120 g/mol. The summed E-state index contributed by atoms with van der Waals surface area (Å²) in [6.07, 6.45) is 28.5. The number of ether oxygens (including phenoxy) is 3. The fraction of sp³-hybridized carbons (Fsp3) is 1.00. The van der Waals surface area contributed by atoms with E-state index in [0.29, 0.717) is 13.2 Å². The Morgan fingerprint density at radius 2 is 0.460 bits per heavy atom. The van der Waals surface area contributed by atoms with Crippen molar-refractivity contribution < 1.29 is 14.2 Å². The highest BCUT2D eigenvalue weighted by atomic mass is 127. The molecule has 0 fully saturated rings. The molecule has 0 aliphatic heterocycles. The van der Waals surface area contributed by atoms with E-state index in [0.717, 1.165) is 109 Å². The minimum atomic E-state index is -0.168. The summed E-state index contributed by atoms with van der Waals surface area (Å²) in [6, 6.07) is 0. The van der Waals surface area contributed by atoms with Crippen LogP contribution in [-0.2, 0) is 14.2 Å². The van der Waals surface area contributed by atoms with Crippen molar-refractivity contribution in [3.05, 3.63) is 0 Å². The number of hydrogen-bond acceptors (Lipinski definition) is 3. The van der Waals surface area contributed by atoms with E-state index in [1.54, 1.807) is 0 Å². The molecular formula is C58H116I2O3. The lowest BCUT2D eigenvalue weighted by Crippen LogP contribution is -2.27. The van der Waals surface area contributed by atoms with Crippen LogP contribution in [0, 0.1) is 82.9 Å². The summed E-state index contributed by atoms with van der Waals surface area (Å²) in [4.78, 5) is 0. The minimum Gasteiger partial charge on any atom is -0.353 e. The number of hydrogen-bond donors (Lipinski definition) is 0. The third kappa shape index (κ3) is 37.9. The Labute approximate surface area is 425 Å².